The second kappa shape index (κ2) is 6.25. The molecule has 0 radical (unpaired) electrons. The van der Waals surface area contributed by atoms with Gasteiger partial charge in [-0.1, -0.05) is 0 Å². The van der Waals surface area contributed by atoms with E-state index in [0.29, 0.717) is 0 Å². The first-order valence-corrected chi connectivity index (χ1v) is 8.85. The quantitative estimate of drug-likeness (QED) is 0.817. The van der Waals surface area contributed by atoms with Crippen molar-refractivity contribution in [3.05, 3.63) is 42.1 Å². The van der Waals surface area contributed by atoms with Crippen LogP contribution in [0.25, 0.3) is 0 Å². The van der Waals surface area contributed by atoms with Gasteiger partial charge in [0.25, 0.3) is 0 Å². The lowest BCUT2D eigenvalue weighted by molar-refractivity contribution is 0.174. The lowest BCUT2D eigenvalue weighted by atomic mass is 10.2. The maximum Gasteiger partial charge on any atom is 0.250 e. The molecule has 1 aliphatic heterocycles. The van der Waals surface area contributed by atoms with Crippen LogP contribution < -0.4 is 4.74 Å². The molecule has 0 bridgehead atoms. The van der Waals surface area contributed by atoms with Gasteiger partial charge >= 0.3 is 0 Å². The Bertz CT molecular complexity index is 793. The molecule has 0 saturated heterocycles. The molecule has 0 aliphatic carbocycles. The zero-order valence-electron chi connectivity index (χ0n) is 12.6. The molecule has 0 fully saturated rings. The number of pyridine rings is 1. The third-order valence-corrected chi connectivity index (χ3v) is 5.54. The molecule has 2 aromatic rings. The van der Waals surface area contributed by atoms with Gasteiger partial charge in [-0.15, -0.1) is 0 Å². The molecule has 0 N–H and O–H groups in total. The predicted octanol–water partition coefficient (Wildman–Crippen LogP) is 1.20. The molecule has 9 heteroatoms. The van der Waals surface area contributed by atoms with Crippen molar-refractivity contribution in [3.8, 4) is 5.88 Å². The molecule has 7 nitrogen and oxygen atoms in total. The van der Waals surface area contributed by atoms with E-state index in [2.05, 4.69) is 10.1 Å². The number of rotatable bonds is 5. The van der Waals surface area contributed by atoms with Crippen LogP contribution in [0, 0.1) is 5.82 Å². The second-order valence-electron chi connectivity index (χ2n) is 5.22. The maximum atomic E-state index is 13.6. The van der Waals surface area contributed by atoms with Crippen molar-refractivity contribution in [1.82, 2.24) is 19.1 Å². The summed E-state index contributed by atoms with van der Waals surface area (Å²) in [4.78, 5) is 3.83. The number of aromatic nitrogens is 3. The lowest BCUT2D eigenvalue weighted by Gasteiger charge is -2.32. The summed E-state index contributed by atoms with van der Waals surface area (Å²) in [5.74, 6) is -0.623. The third-order valence-electron chi connectivity index (χ3n) is 3.75. The lowest BCUT2D eigenvalue weighted by Crippen LogP contribution is -2.43. The molecule has 2 aromatic heterocycles. The minimum absolute atomic E-state index is 0.0313. The zero-order chi connectivity index (χ0) is 16.4. The van der Waals surface area contributed by atoms with E-state index in [0.717, 1.165) is 5.69 Å². The minimum Gasteiger partial charge on any atom is -0.473 e. The van der Waals surface area contributed by atoms with Crippen LogP contribution in [0.3, 0.4) is 0 Å². The van der Waals surface area contributed by atoms with Gasteiger partial charge in [-0.2, -0.15) is 9.40 Å². The molecule has 0 spiro atoms. The molecular formula is C14H17FN4O3S. The fourth-order valence-electron chi connectivity index (χ4n) is 2.52. The Kier molecular flexibility index (Phi) is 4.31. The van der Waals surface area contributed by atoms with Crippen LogP contribution >= 0.6 is 0 Å². The van der Waals surface area contributed by atoms with Crippen LogP contribution in [-0.4, -0.2) is 46.4 Å². The Balaban J connectivity index is 1.80. The number of fused-ring (bicyclic) bond motifs is 1. The predicted molar refractivity (Wildman–Crippen MR) is 80.8 cm³/mol. The van der Waals surface area contributed by atoms with Gasteiger partial charge in [0, 0.05) is 18.9 Å². The van der Waals surface area contributed by atoms with Gasteiger partial charge in [0.1, 0.15) is 12.6 Å². The number of nitrogens with zero attached hydrogens (tertiary/aromatic N) is 4. The van der Waals surface area contributed by atoms with E-state index in [1.165, 1.54) is 22.6 Å². The Morgan fingerprint density at radius 3 is 2.96 bits per heavy atom. The zero-order valence-corrected chi connectivity index (χ0v) is 13.4. The van der Waals surface area contributed by atoms with Crippen molar-refractivity contribution in [1.29, 1.82) is 0 Å². The van der Waals surface area contributed by atoms with Gasteiger partial charge < -0.3 is 4.74 Å². The molecule has 0 amide bonds. The number of ether oxygens (including phenoxy) is 1. The highest BCUT2D eigenvalue weighted by Crippen LogP contribution is 2.24. The van der Waals surface area contributed by atoms with Crippen molar-refractivity contribution >= 4 is 10.0 Å². The van der Waals surface area contributed by atoms with Crippen LogP contribution in [0.1, 0.15) is 18.7 Å². The summed E-state index contributed by atoms with van der Waals surface area (Å²) in [5, 5.41) is 4.22. The van der Waals surface area contributed by atoms with Gasteiger partial charge in [-0.3, -0.25) is 4.68 Å². The molecule has 3 heterocycles. The maximum absolute atomic E-state index is 13.6. The average Bonchev–Trinajstić information content (AvgIpc) is 3.02. The number of hydrogen-bond acceptors (Lipinski definition) is 5. The van der Waals surface area contributed by atoms with E-state index in [4.69, 9.17) is 4.74 Å². The molecule has 1 aliphatic rings. The van der Waals surface area contributed by atoms with E-state index >= 15 is 0 Å². The Morgan fingerprint density at radius 2 is 2.22 bits per heavy atom. The highest BCUT2D eigenvalue weighted by molar-refractivity contribution is 7.89. The van der Waals surface area contributed by atoms with Crippen molar-refractivity contribution in [2.24, 2.45) is 0 Å². The van der Waals surface area contributed by atoms with Crippen molar-refractivity contribution in [2.45, 2.75) is 19.5 Å². The normalized spacial score (nSPS) is 18.6. The summed E-state index contributed by atoms with van der Waals surface area (Å²) < 4.78 is 46.4. The van der Waals surface area contributed by atoms with E-state index < -0.39 is 15.8 Å². The minimum atomic E-state index is -3.32. The molecule has 0 aromatic carbocycles. The van der Waals surface area contributed by atoms with E-state index in [9.17, 15) is 12.8 Å². The first-order chi connectivity index (χ1) is 11.0. The number of halogens is 1. The van der Waals surface area contributed by atoms with E-state index in [1.54, 1.807) is 23.9 Å². The van der Waals surface area contributed by atoms with Crippen molar-refractivity contribution in [3.63, 3.8) is 0 Å². The van der Waals surface area contributed by atoms with E-state index in [-0.39, 0.29) is 37.4 Å². The van der Waals surface area contributed by atoms with Crippen molar-refractivity contribution in [2.75, 3.05) is 18.9 Å². The summed E-state index contributed by atoms with van der Waals surface area (Å²) in [6.45, 7) is 2.21. The molecular weight excluding hydrogens is 323 g/mol. The topological polar surface area (TPSA) is 77.3 Å². The molecule has 1 atom stereocenters. The van der Waals surface area contributed by atoms with Gasteiger partial charge in [-0.25, -0.2) is 17.8 Å². The first kappa shape index (κ1) is 15.9. The monoisotopic (exact) mass is 340 g/mol. The molecule has 23 heavy (non-hydrogen) atoms. The third kappa shape index (κ3) is 3.20. The first-order valence-electron chi connectivity index (χ1n) is 7.25. The fraction of sp³-hybridized carbons (Fsp3) is 0.429. The van der Waals surface area contributed by atoms with Gasteiger partial charge in [0.2, 0.25) is 15.9 Å². The summed E-state index contributed by atoms with van der Waals surface area (Å²) >= 11 is 0. The van der Waals surface area contributed by atoms with Gasteiger partial charge in [0.05, 0.1) is 18.0 Å². The van der Waals surface area contributed by atoms with Crippen LogP contribution in [0.15, 0.2) is 30.6 Å². The molecule has 124 valence electrons. The van der Waals surface area contributed by atoms with Gasteiger partial charge in [-0.05, 0) is 25.1 Å². The standard InChI is InChI=1S/C14H17FN4O3S/c1-2-23(20,21)18-8-11-5-7-17-19(11)12(9-18)10-22-14-13(15)4-3-6-16-14/h3-7,12H,2,8-10H2,1H3/t12-/m1/s1. The summed E-state index contributed by atoms with van der Waals surface area (Å²) in [5.41, 5.74) is 0.781. The summed E-state index contributed by atoms with van der Waals surface area (Å²) in [7, 11) is -3.32. The fourth-order valence-corrected chi connectivity index (χ4v) is 3.62. The van der Waals surface area contributed by atoms with Gasteiger partial charge in [0.15, 0.2) is 5.82 Å². The van der Waals surface area contributed by atoms with Crippen LogP contribution in [-0.2, 0) is 16.6 Å². The average molecular weight is 340 g/mol. The molecule has 3 rings (SSSR count). The van der Waals surface area contributed by atoms with E-state index in [1.807, 2.05) is 0 Å². The largest absolute Gasteiger partial charge is 0.473 e. The highest BCUT2D eigenvalue weighted by atomic mass is 32.2. The molecule has 0 unspecified atom stereocenters. The second-order valence-corrected chi connectivity index (χ2v) is 7.47. The van der Waals surface area contributed by atoms with Crippen LogP contribution in [0.2, 0.25) is 0 Å². The number of hydrogen-bond donors (Lipinski definition) is 0. The smallest absolute Gasteiger partial charge is 0.250 e. The SMILES string of the molecule is CCS(=O)(=O)N1Cc2ccnn2[C@@H](COc2ncccc2F)C1. The Morgan fingerprint density at radius 1 is 1.39 bits per heavy atom. The molecule has 0 saturated carbocycles. The number of sulfonamides is 1. The van der Waals surface area contributed by atoms with Crippen LogP contribution in [0.5, 0.6) is 5.88 Å². The Labute approximate surface area is 133 Å². The highest BCUT2D eigenvalue weighted by Gasteiger charge is 2.32. The summed E-state index contributed by atoms with van der Waals surface area (Å²) in [6.07, 6.45) is 3.05. The van der Waals surface area contributed by atoms with Crippen LogP contribution in [0.4, 0.5) is 4.39 Å². The van der Waals surface area contributed by atoms with Crippen molar-refractivity contribution < 1.29 is 17.5 Å². The Hall–Kier alpha value is -2.00. The summed E-state index contributed by atoms with van der Waals surface area (Å²) in [6, 6.07) is 4.17.